The molecule has 0 heterocycles. The molecular formula is C17H24ClNO2. The summed E-state index contributed by atoms with van der Waals surface area (Å²) in [4.78, 5) is 12.5. The molecule has 1 aliphatic rings. The van der Waals surface area contributed by atoms with E-state index in [0.717, 1.165) is 23.0 Å². The third kappa shape index (κ3) is 3.86. The molecule has 2 atom stereocenters. The standard InChI is InChI=1S/C17H24NO2.ClH/c1-5-14-13-17(14,15-9-7-6-8-10-15)16(19)20-12-11-18(2,3)4;/h5-10,14H,1,11-13H2,2-4H3;1H/q+1;/p-1. The van der Waals surface area contributed by atoms with Crippen molar-refractivity contribution in [1.29, 1.82) is 0 Å². The van der Waals surface area contributed by atoms with E-state index in [-0.39, 0.29) is 24.3 Å². The molecule has 1 saturated carbocycles. The van der Waals surface area contributed by atoms with Gasteiger partial charge in [-0.05, 0) is 17.9 Å². The lowest BCUT2D eigenvalue weighted by molar-refractivity contribution is -0.870. The lowest BCUT2D eigenvalue weighted by Crippen LogP contribution is -3.00. The molecule has 0 spiro atoms. The largest absolute Gasteiger partial charge is 1.00 e. The van der Waals surface area contributed by atoms with E-state index in [4.69, 9.17) is 4.74 Å². The van der Waals surface area contributed by atoms with Gasteiger partial charge in [-0.15, -0.1) is 6.58 Å². The number of likely N-dealkylation sites (N-methyl/N-ethyl adjacent to an activating group) is 1. The molecule has 2 rings (SSSR count). The van der Waals surface area contributed by atoms with Gasteiger partial charge in [0.25, 0.3) is 0 Å². The molecule has 21 heavy (non-hydrogen) atoms. The van der Waals surface area contributed by atoms with E-state index in [1.54, 1.807) is 0 Å². The van der Waals surface area contributed by atoms with Crippen molar-refractivity contribution in [2.75, 3.05) is 34.3 Å². The highest BCUT2D eigenvalue weighted by atomic mass is 35.5. The molecule has 3 nitrogen and oxygen atoms in total. The number of halogens is 1. The number of carbonyl (C=O) groups excluding carboxylic acids is 1. The highest BCUT2D eigenvalue weighted by molar-refractivity contribution is 5.88. The average molecular weight is 310 g/mol. The number of esters is 1. The van der Waals surface area contributed by atoms with E-state index in [1.807, 2.05) is 36.4 Å². The average Bonchev–Trinajstić information content (AvgIpc) is 3.14. The van der Waals surface area contributed by atoms with Crippen molar-refractivity contribution in [3.05, 3.63) is 48.6 Å². The number of rotatable bonds is 6. The van der Waals surface area contributed by atoms with Crippen LogP contribution in [0, 0.1) is 5.92 Å². The van der Waals surface area contributed by atoms with E-state index in [2.05, 4.69) is 27.7 Å². The number of carbonyl (C=O) groups is 1. The van der Waals surface area contributed by atoms with Crippen molar-refractivity contribution < 1.29 is 26.4 Å². The summed E-state index contributed by atoms with van der Waals surface area (Å²) in [6, 6.07) is 9.91. The van der Waals surface area contributed by atoms with Gasteiger partial charge in [0.2, 0.25) is 0 Å². The van der Waals surface area contributed by atoms with Crippen molar-refractivity contribution in [3.8, 4) is 0 Å². The second-order valence-corrected chi connectivity index (χ2v) is 6.53. The summed E-state index contributed by atoms with van der Waals surface area (Å²) >= 11 is 0. The van der Waals surface area contributed by atoms with E-state index >= 15 is 0 Å². The Morgan fingerprint density at radius 3 is 2.48 bits per heavy atom. The first-order chi connectivity index (χ1) is 9.40. The smallest absolute Gasteiger partial charge is 0.317 e. The van der Waals surface area contributed by atoms with Gasteiger partial charge in [0.05, 0.1) is 26.6 Å². The summed E-state index contributed by atoms with van der Waals surface area (Å²) in [5.74, 6) is 0.0866. The number of hydrogen-bond donors (Lipinski definition) is 0. The van der Waals surface area contributed by atoms with Crippen LogP contribution in [0.2, 0.25) is 0 Å². The molecule has 0 saturated heterocycles. The van der Waals surface area contributed by atoms with Crippen molar-refractivity contribution in [2.24, 2.45) is 5.92 Å². The number of nitrogens with zero attached hydrogens (tertiary/aromatic N) is 1. The van der Waals surface area contributed by atoms with Gasteiger partial charge >= 0.3 is 5.97 Å². The SMILES string of the molecule is C=CC1CC1(C(=O)OCC[N+](C)(C)C)c1ccccc1.[Cl-]. The van der Waals surface area contributed by atoms with Crippen LogP contribution in [0.1, 0.15) is 12.0 Å². The summed E-state index contributed by atoms with van der Waals surface area (Å²) in [5, 5.41) is 0. The first-order valence-corrected chi connectivity index (χ1v) is 7.06. The molecule has 1 aromatic carbocycles. The first-order valence-electron chi connectivity index (χ1n) is 7.06. The van der Waals surface area contributed by atoms with Gasteiger partial charge in [0, 0.05) is 0 Å². The van der Waals surface area contributed by atoms with Crippen LogP contribution in [-0.4, -0.2) is 44.7 Å². The zero-order valence-electron chi connectivity index (χ0n) is 13.0. The minimum absolute atomic E-state index is 0. The van der Waals surface area contributed by atoms with Crippen LogP contribution in [-0.2, 0) is 14.9 Å². The van der Waals surface area contributed by atoms with Gasteiger partial charge in [0.1, 0.15) is 13.2 Å². The molecule has 0 aliphatic heterocycles. The maximum absolute atomic E-state index is 12.5. The monoisotopic (exact) mass is 309 g/mol. The van der Waals surface area contributed by atoms with E-state index in [0.29, 0.717) is 6.61 Å². The Labute approximate surface area is 133 Å². The summed E-state index contributed by atoms with van der Waals surface area (Å²) in [6.07, 6.45) is 2.68. The minimum atomic E-state index is -0.492. The normalized spacial score (nSPS) is 23.9. The Morgan fingerprint density at radius 2 is 2.00 bits per heavy atom. The topological polar surface area (TPSA) is 26.3 Å². The summed E-state index contributed by atoms with van der Waals surface area (Å²) in [6.45, 7) is 5.11. The molecule has 1 fully saturated rings. The molecule has 116 valence electrons. The lowest BCUT2D eigenvalue weighted by atomic mass is 9.93. The Bertz CT molecular complexity index is 495. The van der Waals surface area contributed by atoms with Gasteiger partial charge in [-0.3, -0.25) is 4.79 Å². The Balaban J connectivity index is 0.00000220. The fourth-order valence-corrected chi connectivity index (χ4v) is 2.53. The molecule has 2 unspecified atom stereocenters. The zero-order chi connectivity index (χ0) is 14.8. The van der Waals surface area contributed by atoms with Crippen LogP contribution < -0.4 is 12.4 Å². The molecule has 0 bridgehead atoms. The van der Waals surface area contributed by atoms with Gasteiger partial charge in [0.15, 0.2) is 0 Å². The maximum atomic E-state index is 12.5. The van der Waals surface area contributed by atoms with E-state index < -0.39 is 5.41 Å². The van der Waals surface area contributed by atoms with Gasteiger partial charge in [-0.2, -0.15) is 0 Å². The number of hydrogen-bond acceptors (Lipinski definition) is 2. The molecule has 1 aromatic rings. The molecular weight excluding hydrogens is 286 g/mol. The van der Waals surface area contributed by atoms with Crippen molar-refractivity contribution >= 4 is 5.97 Å². The number of ether oxygens (including phenoxy) is 1. The molecule has 0 aromatic heterocycles. The number of benzene rings is 1. The highest BCUT2D eigenvalue weighted by Crippen LogP contribution is 2.55. The number of quaternary nitrogens is 1. The van der Waals surface area contributed by atoms with Crippen molar-refractivity contribution in [3.63, 3.8) is 0 Å². The highest BCUT2D eigenvalue weighted by Gasteiger charge is 2.60. The number of allylic oxidation sites excluding steroid dienone is 1. The van der Waals surface area contributed by atoms with E-state index in [1.165, 1.54) is 0 Å². The zero-order valence-corrected chi connectivity index (χ0v) is 13.8. The second kappa shape index (κ2) is 6.63. The fraction of sp³-hybridized carbons (Fsp3) is 0.471. The van der Waals surface area contributed by atoms with Crippen LogP contribution in [0.4, 0.5) is 0 Å². The minimum Gasteiger partial charge on any atom is -1.00 e. The fourth-order valence-electron chi connectivity index (χ4n) is 2.53. The second-order valence-electron chi connectivity index (χ2n) is 6.53. The molecule has 1 aliphatic carbocycles. The summed E-state index contributed by atoms with van der Waals surface area (Å²) < 4.78 is 6.32. The molecule has 4 heteroatoms. The van der Waals surface area contributed by atoms with Crippen LogP contribution in [0.15, 0.2) is 43.0 Å². The Hall–Kier alpha value is -1.32. The molecule has 0 amide bonds. The van der Waals surface area contributed by atoms with Crippen LogP contribution in [0.5, 0.6) is 0 Å². The summed E-state index contributed by atoms with van der Waals surface area (Å²) in [7, 11) is 6.26. The van der Waals surface area contributed by atoms with Crippen LogP contribution in [0.3, 0.4) is 0 Å². The molecule has 0 N–H and O–H groups in total. The molecule has 0 radical (unpaired) electrons. The van der Waals surface area contributed by atoms with Crippen molar-refractivity contribution in [2.45, 2.75) is 11.8 Å². The third-order valence-corrected chi connectivity index (χ3v) is 3.95. The predicted octanol–water partition coefficient (Wildman–Crippen LogP) is -0.616. The Kier molecular flexibility index (Phi) is 5.60. The van der Waals surface area contributed by atoms with Crippen molar-refractivity contribution in [1.82, 2.24) is 0 Å². The van der Waals surface area contributed by atoms with Gasteiger partial charge in [-0.1, -0.05) is 36.4 Å². The van der Waals surface area contributed by atoms with Gasteiger partial charge in [-0.25, -0.2) is 0 Å². The first kappa shape index (κ1) is 17.7. The van der Waals surface area contributed by atoms with Crippen LogP contribution in [0.25, 0.3) is 0 Å². The Morgan fingerprint density at radius 1 is 1.38 bits per heavy atom. The van der Waals surface area contributed by atoms with Crippen LogP contribution >= 0.6 is 0 Å². The lowest BCUT2D eigenvalue weighted by Gasteiger charge is -2.24. The summed E-state index contributed by atoms with van der Waals surface area (Å²) in [5.41, 5.74) is 0.550. The third-order valence-electron chi connectivity index (χ3n) is 3.95. The van der Waals surface area contributed by atoms with Gasteiger partial charge < -0.3 is 21.6 Å². The quantitative estimate of drug-likeness (QED) is 0.398. The maximum Gasteiger partial charge on any atom is 0.317 e. The predicted molar refractivity (Wildman–Crippen MR) is 80.3 cm³/mol. The van der Waals surface area contributed by atoms with E-state index in [9.17, 15) is 4.79 Å².